The largest absolute Gasteiger partial charge is 0.413 e. The Bertz CT molecular complexity index is 1370. The number of rotatable bonds is 14. The Balaban J connectivity index is 1.47. The van der Waals surface area contributed by atoms with E-state index in [1.54, 1.807) is 12.1 Å². The summed E-state index contributed by atoms with van der Waals surface area (Å²) in [5.41, 5.74) is 15.7. The Morgan fingerprint density at radius 2 is 1.80 bits per heavy atom. The van der Waals surface area contributed by atoms with Gasteiger partial charge >= 0.3 is 6.09 Å². The Kier molecular flexibility index (Phi) is 10.6. The van der Waals surface area contributed by atoms with Crippen LogP contribution in [0.1, 0.15) is 60.8 Å². The average Bonchev–Trinajstić information content (AvgIpc) is 3.30. The van der Waals surface area contributed by atoms with Gasteiger partial charge in [-0.15, -0.1) is 11.6 Å². The van der Waals surface area contributed by atoms with Gasteiger partial charge in [0.25, 0.3) is 0 Å². The van der Waals surface area contributed by atoms with Gasteiger partial charge in [-0.3, -0.25) is 4.79 Å². The second-order valence-corrected chi connectivity index (χ2v) is 10.2. The van der Waals surface area contributed by atoms with Crippen molar-refractivity contribution in [3.63, 3.8) is 0 Å². The van der Waals surface area contributed by atoms with Crippen molar-refractivity contribution in [2.45, 2.75) is 51.0 Å². The molecule has 8 nitrogen and oxygen atoms in total. The van der Waals surface area contributed by atoms with Crippen molar-refractivity contribution in [2.24, 2.45) is 5.11 Å². The van der Waals surface area contributed by atoms with Crippen molar-refractivity contribution < 1.29 is 14.3 Å². The summed E-state index contributed by atoms with van der Waals surface area (Å²) < 4.78 is 5.23. The van der Waals surface area contributed by atoms with E-state index < -0.39 is 6.09 Å². The SMILES string of the molecule is CC(NCC(=O)CCCCCN=[N+]=[N-])C1c2ccccc2-c2cccc(Cc3ccc(OC(=O)NCCl)cc3)c21. The van der Waals surface area contributed by atoms with Gasteiger partial charge in [0, 0.05) is 29.8 Å². The highest BCUT2D eigenvalue weighted by molar-refractivity contribution is 6.18. The Labute approximate surface area is 239 Å². The van der Waals surface area contributed by atoms with Crippen LogP contribution in [0.3, 0.4) is 0 Å². The van der Waals surface area contributed by atoms with Gasteiger partial charge in [-0.05, 0) is 77.2 Å². The summed E-state index contributed by atoms with van der Waals surface area (Å²) in [7, 11) is 0. The lowest BCUT2D eigenvalue weighted by atomic mass is 9.85. The normalized spacial score (nSPS) is 14.0. The highest BCUT2D eigenvalue weighted by atomic mass is 35.5. The zero-order chi connectivity index (χ0) is 28.3. The van der Waals surface area contributed by atoms with E-state index >= 15 is 0 Å². The van der Waals surface area contributed by atoms with Crippen LogP contribution in [-0.2, 0) is 11.2 Å². The smallest absolute Gasteiger partial charge is 0.410 e. The number of nitrogens with zero attached hydrogens (tertiary/aromatic N) is 3. The van der Waals surface area contributed by atoms with Crippen LogP contribution in [-0.4, -0.2) is 37.0 Å². The molecule has 2 N–H and O–H groups in total. The first-order valence-electron chi connectivity index (χ1n) is 13.6. The Morgan fingerprint density at radius 3 is 2.58 bits per heavy atom. The van der Waals surface area contributed by atoms with Crippen molar-refractivity contribution in [3.05, 3.63) is 99.4 Å². The molecule has 208 valence electrons. The van der Waals surface area contributed by atoms with Gasteiger partial charge in [-0.2, -0.15) is 0 Å². The van der Waals surface area contributed by atoms with Gasteiger partial charge in [0.1, 0.15) is 11.5 Å². The molecule has 0 spiro atoms. The fraction of sp³-hybridized carbons (Fsp3) is 0.355. The number of hydrogen-bond donors (Lipinski definition) is 2. The van der Waals surface area contributed by atoms with Crippen molar-refractivity contribution in [2.75, 3.05) is 19.1 Å². The first-order valence-corrected chi connectivity index (χ1v) is 14.1. The lowest BCUT2D eigenvalue weighted by Gasteiger charge is -2.25. The molecule has 0 aliphatic heterocycles. The number of hydrogen-bond acceptors (Lipinski definition) is 5. The summed E-state index contributed by atoms with van der Waals surface area (Å²) in [5, 5.41) is 9.46. The monoisotopic (exact) mass is 559 g/mol. The van der Waals surface area contributed by atoms with E-state index in [-0.39, 0.29) is 23.7 Å². The van der Waals surface area contributed by atoms with Crippen molar-refractivity contribution >= 4 is 23.5 Å². The first kappa shape index (κ1) is 29.2. The maximum absolute atomic E-state index is 12.6. The second kappa shape index (κ2) is 14.5. The maximum Gasteiger partial charge on any atom is 0.413 e. The van der Waals surface area contributed by atoms with Crippen LogP contribution < -0.4 is 15.4 Å². The molecule has 1 amide bonds. The van der Waals surface area contributed by atoms with Crippen LogP contribution in [0.2, 0.25) is 0 Å². The third-order valence-corrected chi connectivity index (χ3v) is 7.36. The highest BCUT2D eigenvalue weighted by Gasteiger charge is 2.34. The van der Waals surface area contributed by atoms with Crippen LogP contribution in [0.25, 0.3) is 21.6 Å². The molecule has 0 aromatic heterocycles. The molecule has 0 heterocycles. The minimum Gasteiger partial charge on any atom is -0.410 e. The Morgan fingerprint density at radius 1 is 1.02 bits per heavy atom. The summed E-state index contributed by atoms with van der Waals surface area (Å²) in [6.07, 6.45) is 3.14. The number of ketones is 1. The summed E-state index contributed by atoms with van der Waals surface area (Å²) >= 11 is 5.52. The molecule has 40 heavy (non-hydrogen) atoms. The van der Waals surface area contributed by atoms with Crippen molar-refractivity contribution in [1.29, 1.82) is 0 Å². The summed E-state index contributed by atoms with van der Waals surface area (Å²) in [6, 6.07) is 22.5. The number of fused-ring (bicyclic) bond motifs is 3. The van der Waals surface area contributed by atoms with E-state index in [1.165, 1.54) is 27.8 Å². The highest BCUT2D eigenvalue weighted by Crippen LogP contribution is 2.48. The number of carbonyl (C=O) groups is 2. The van der Waals surface area contributed by atoms with Gasteiger partial charge < -0.3 is 15.4 Å². The molecule has 0 fully saturated rings. The zero-order valence-electron chi connectivity index (χ0n) is 22.6. The molecule has 0 bridgehead atoms. The minimum atomic E-state index is -0.588. The third-order valence-electron chi connectivity index (χ3n) is 7.23. The van der Waals surface area contributed by atoms with Gasteiger partial charge in [-0.1, -0.05) is 66.1 Å². The molecule has 1 aliphatic rings. The number of nitrogens with one attached hydrogen (secondary N) is 2. The van der Waals surface area contributed by atoms with E-state index in [0.29, 0.717) is 25.3 Å². The van der Waals surface area contributed by atoms with Gasteiger partial charge in [0.15, 0.2) is 0 Å². The molecular weight excluding hydrogens is 526 g/mol. The standard InChI is InChI=1S/C31H34ClN5O3/c1-21(34-19-24(38)9-3-2-6-17-36-37-33)29-27-11-5-4-10-26(27)28-12-7-8-23(30(28)29)18-22-13-15-25(16-14-22)40-31(39)35-20-32/h4-5,7-8,10-16,21,29,34H,2-3,6,9,17-20H2,1H3,(H,35,39). The number of unbranched alkanes of at least 4 members (excludes halogenated alkanes) is 2. The predicted molar refractivity (Wildman–Crippen MR) is 158 cm³/mol. The van der Waals surface area contributed by atoms with E-state index in [4.69, 9.17) is 21.9 Å². The minimum absolute atomic E-state index is 0.0127. The number of halogens is 1. The summed E-state index contributed by atoms with van der Waals surface area (Å²) in [6.45, 7) is 2.96. The number of amides is 1. The van der Waals surface area contributed by atoms with Gasteiger partial charge in [-0.25, -0.2) is 4.79 Å². The van der Waals surface area contributed by atoms with Gasteiger partial charge in [0.05, 0.1) is 12.5 Å². The number of benzene rings is 3. The first-order chi connectivity index (χ1) is 19.5. The summed E-state index contributed by atoms with van der Waals surface area (Å²) in [5.74, 6) is 0.756. The lowest BCUT2D eigenvalue weighted by Crippen LogP contribution is -2.36. The topological polar surface area (TPSA) is 116 Å². The zero-order valence-corrected chi connectivity index (χ0v) is 23.4. The number of alkyl halides is 1. The third kappa shape index (κ3) is 7.42. The molecular formula is C31H34ClN5O3. The van der Waals surface area contributed by atoms with Crippen molar-refractivity contribution in [1.82, 2.24) is 10.6 Å². The lowest BCUT2D eigenvalue weighted by molar-refractivity contribution is -0.118. The van der Waals surface area contributed by atoms with Crippen LogP contribution in [0.5, 0.6) is 5.75 Å². The molecule has 1 aliphatic carbocycles. The second-order valence-electron chi connectivity index (χ2n) is 9.94. The average molecular weight is 560 g/mol. The number of ether oxygens (including phenoxy) is 1. The molecule has 2 unspecified atom stereocenters. The fourth-order valence-electron chi connectivity index (χ4n) is 5.36. The fourth-order valence-corrected chi connectivity index (χ4v) is 5.47. The van der Waals surface area contributed by atoms with Gasteiger partial charge in [0.2, 0.25) is 0 Å². The van der Waals surface area contributed by atoms with E-state index in [9.17, 15) is 9.59 Å². The van der Waals surface area contributed by atoms with E-state index in [0.717, 1.165) is 31.2 Å². The predicted octanol–water partition coefficient (Wildman–Crippen LogP) is 7.09. The molecule has 3 aromatic carbocycles. The molecule has 0 saturated heterocycles. The van der Waals surface area contributed by atoms with Crippen LogP contribution in [0.15, 0.2) is 71.8 Å². The number of carbonyl (C=O) groups excluding carboxylic acids is 2. The molecule has 2 atom stereocenters. The Hall–Kier alpha value is -3.84. The van der Waals surface area contributed by atoms with E-state index in [2.05, 4.69) is 70.0 Å². The van der Waals surface area contributed by atoms with Crippen LogP contribution in [0, 0.1) is 0 Å². The maximum atomic E-state index is 12.6. The number of azide groups is 1. The molecule has 0 radical (unpaired) electrons. The van der Waals surface area contributed by atoms with Crippen molar-refractivity contribution in [3.8, 4) is 16.9 Å². The summed E-state index contributed by atoms with van der Waals surface area (Å²) in [4.78, 5) is 27.0. The molecule has 9 heteroatoms. The van der Waals surface area contributed by atoms with Crippen LogP contribution in [0.4, 0.5) is 4.79 Å². The molecule has 0 saturated carbocycles. The van der Waals surface area contributed by atoms with E-state index in [1.807, 2.05) is 12.1 Å². The molecule has 3 aromatic rings. The van der Waals surface area contributed by atoms with Crippen LogP contribution >= 0.6 is 11.6 Å². The quantitative estimate of drug-likeness (QED) is 0.0547. The molecule has 4 rings (SSSR count). The number of Topliss-reactive ketones (excluding diaryl/α,β-unsaturated/α-hetero) is 1.